The predicted octanol–water partition coefficient (Wildman–Crippen LogP) is 1.24. The molecule has 7 nitrogen and oxygen atoms in total. The lowest BCUT2D eigenvalue weighted by atomic mass is 10.2. The number of hydrogen-bond acceptors (Lipinski definition) is 6. The number of nitrogens with zero attached hydrogens (tertiary/aromatic N) is 2. The van der Waals surface area contributed by atoms with Crippen LogP contribution < -0.4 is 5.43 Å². The summed E-state index contributed by atoms with van der Waals surface area (Å²) in [5.41, 5.74) is 2.63. The molecule has 98 valence electrons. The number of carbonyl (C=O) groups is 2. The highest BCUT2D eigenvalue weighted by Crippen LogP contribution is 2.09. The molecular formula is C12H11N3O4. The smallest absolute Gasteiger partial charge is 0.369 e. The fourth-order valence-electron chi connectivity index (χ4n) is 1.12. The number of carboxylic acid groups (broad SMARTS) is 1. The highest BCUT2D eigenvalue weighted by molar-refractivity contribution is 6.43. The van der Waals surface area contributed by atoms with Crippen molar-refractivity contribution in [1.82, 2.24) is 0 Å². The van der Waals surface area contributed by atoms with E-state index in [1.165, 1.54) is 24.3 Å². The van der Waals surface area contributed by atoms with Crippen molar-refractivity contribution in [2.75, 3.05) is 12.0 Å². The van der Waals surface area contributed by atoms with Crippen LogP contribution in [-0.2, 0) is 9.53 Å². The molecular weight excluding hydrogens is 250 g/mol. The molecule has 2 N–H and O–H groups in total. The van der Waals surface area contributed by atoms with Crippen LogP contribution in [0.25, 0.3) is 0 Å². The monoisotopic (exact) mass is 261 g/mol. The minimum Gasteiger partial charge on any atom is -0.478 e. The Morgan fingerprint density at radius 2 is 2.05 bits per heavy atom. The molecule has 0 amide bonds. The molecule has 0 radical (unpaired) electrons. The maximum Gasteiger partial charge on any atom is 0.369 e. The number of hydrazone groups is 1. The summed E-state index contributed by atoms with van der Waals surface area (Å²) in [5.74, 6) is -1.86. The molecule has 0 spiro atoms. The third-order valence-corrected chi connectivity index (χ3v) is 2.00. The van der Waals surface area contributed by atoms with Crippen molar-refractivity contribution in [3.05, 3.63) is 29.8 Å². The lowest BCUT2D eigenvalue weighted by Gasteiger charge is -2.02. The van der Waals surface area contributed by atoms with Crippen LogP contribution >= 0.6 is 0 Å². The van der Waals surface area contributed by atoms with E-state index in [4.69, 9.17) is 10.4 Å². The van der Waals surface area contributed by atoms with Crippen LogP contribution in [0.3, 0.4) is 0 Å². The van der Waals surface area contributed by atoms with Crippen molar-refractivity contribution < 1.29 is 19.4 Å². The van der Waals surface area contributed by atoms with Gasteiger partial charge in [0.15, 0.2) is 0 Å². The van der Waals surface area contributed by atoms with Gasteiger partial charge in [-0.3, -0.25) is 5.43 Å². The summed E-state index contributed by atoms with van der Waals surface area (Å²) in [4.78, 5) is 21.9. The van der Waals surface area contributed by atoms with Gasteiger partial charge in [0.25, 0.3) is 0 Å². The Balaban J connectivity index is 2.76. The summed E-state index contributed by atoms with van der Waals surface area (Å²) in [5, 5.41) is 21.0. The predicted molar refractivity (Wildman–Crippen MR) is 66.7 cm³/mol. The zero-order chi connectivity index (χ0) is 14.3. The quantitative estimate of drug-likeness (QED) is 0.468. The highest BCUT2D eigenvalue weighted by Gasteiger charge is 2.11. The first-order valence-electron chi connectivity index (χ1n) is 5.32. The molecule has 0 atom stereocenters. The molecule has 1 aromatic rings. The van der Waals surface area contributed by atoms with Gasteiger partial charge >= 0.3 is 11.9 Å². The molecule has 0 bridgehead atoms. The number of aromatic carboxylic acids is 1. The maximum atomic E-state index is 11.2. The zero-order valence-corrected chi connectivity index (χ0v) is 10.1. The number of carbonyl (C=O) groups excluding carboxylic acids is 1. The minimum absolute atomic E-state index is 0.125. The summed E-state index contributed by atoms with van der Waals surface area (Å²) in [6.07, 6.45) is 0. The van der Waals surface area contributed by atoms with Gasteiger partial charge in [0, 0.05) is 0 Å². The van der Waals surface area contributed by atoms with Crippen LogP contribution in [0, 0.1) is 11.3 Å². The molecule has 0 aliphatic carbocycles. The van der Waals surface area contributed by atoms with Crippen molar-refractivity contribution in [2.45, 2.75) is 6.92 Å². The van der Waals surface area contributed by atoms with Crippen LogP contribution in [-0.4, -0.2) is 29.4 Å². The Bertz CT molecular complexity index is 543. The molecule has 0 saturated carbocycles. The second-order valence-corrected chi connectivity index (χ2v) is 3.29. The van der Waals surface area contributed by atoms with E-state index in [0.717, 1.165) is 0 Å². The van der Waals surface area contributed by atoms with Gasteiger partial charge in [0.05, 0.1) is 17.9 Å². The number of nitrogens with one attached hydrogen (secondary N) is 1. The molecule has 19 heavy (non-hydrogen) atoms. The molecule has 0 heterocycles. The fourth-order valence-corrected chi connectivity index (χ4v) is 1.12. The molecule has 0 aromatic heterocycles. The van der Waals surface area contributed by atoms with E-state index >= 15 is 0 Å². The lowest BCUT2D eigenvalue weighted by molar-refractivity contribution is -0.134. The van der Waals surface area contributed by atoms with Crippen LogP contribution in [0.1, 0.15) is 17.3 Å². The average molecular weight is 261 g/mol. The van der Waals surface area contributed by atoms with Gasteiger partial charge in [0.1, 0.15) is 6.07 Å². The SMILES string of the molecule is CCOC(=O)/C(C#N)=N/Nc1ccc(C(=O)O)cc1. The second-order valence-electron chi connectivity index (χ2n) is 3.29. The molecule has 0 saturated heterocycles. The van der Waals surface area contributed by atoms with Crippen molar-refractivity contribution in [2.24, 2.45) is 5.10 Å². The van der Waals surface area contributed by atoms with Crippen LogP contribution in [0.4, 0.5) is 5.69 Å². The first kappa shape index (κ1) is 14.2. The molecule has 1 rings (SSSR count). The number of ether oxygens (including phenoxy) is 1. The summed E-state index contributed by atoms with van der Waals surface area (Å²) in [6, 6.07) is 7.28. The summed E-state index contributed by atoms with van der Waals surface area (Å²) in [7, 11) is 0. The minimum atomic E-state index is -1.04. The Labute approximate surface area is 109 Å². The van der Waals surface area contributed by atoms with E-state index in [1.54, 1.807) is 13.0 Å². The van der Waals surface area contributed by atoms with E-state index in [2.05, 4.69) is 15.3 Å². The number of esters is 1. The normalized spacial score (nSPS) is 10.4. The summed E-state index contributed by atoms with van der Waals surface area (Å²) < 4.78 is 4.62. The number of rotatable bonds is 5. The van der Waals surface area contributed by atoms with Gasteiger partial charge in [0.2, 0.25) is 5.71 Å². The highest BCUT2D eigenvalue weighted by atomic mass is 16.5. The first-order valence-corrected chi connectivity index (χ1v) is 5.32. The largest absolute Gasteiger partial charge is 0.478 e. The lowest BCUT2D eigenvalue weighted by Crippen LogP contribution is -2.17. The molecule has 0 fully saturated rings. The van der Waals surface area contributed by atoms with E-state index in [-0.39, 0.29) is 12.2 Å². The molecule has 7 heteroatoms. The number of anilines is 1. The number of hydrogen-bond donors (Lipinski definition) is 2. The number of nitriles is 1. The van der Waals surface area contributed by atoms with Crippen LogP contribution in [0.5, 0.6) is 0 Å². The van der Waals surface area contributed by atoms with Crippen LogP contribution in [0.2, 0.25) is 0 Å². The Hall–Kier alpha value is -2.88. The Morgan fingerprint density at radius 1 is 1.42 bits per heavy atom. The molecule has 0 aliphatic rings. The number of carboxylic acids is 1. The molecule has 1 aromatic carbocycles. The third-order valence-electron chi connectivity index (χ3n) is 2.00. The summed E-state index contributed by atoms with van der Waals surface area (Å²) >= 11 is 0. The molecule has 0 unspecified atom stereocenters. The average Bonchev–Trinajstić information content (AvgIpc) is 2.40. The Morgan fingerprint density at radius 3 is 2.53 bits per heavy atom. The van der Waals surface area contributed by atoms with E-state index in [0.29, 0.717) is 5.69 Å². The van der Waals surface area contributed by atoms with Gasteiger partial charge in [-0.1, -0.05) is 0 Å². The maximum absolute atomic E-state index is 11.2. The number of benzene rings is 1. The van der Waals surface area contributed by atoms with Gasteiger partial charge in [-0.05, 0) is 31.2 Å². The van der Waals surface area contributed by atoms with E-state index in [9.17, 15) is 9.59 Å². The van der Waals surface area contributed by atoms with Gasteiger partial charge in [-0.25, -0.2) is 9.59 Å². The van der Waals surface area contributed by atoms with Crippen molar-refractivity contribution >= 4 is 23.3 Å². The van der Waals surface area contributed by atoms with E-state index in [1.807, 2.05) is 0 Å². The summed E-state index contributed by atoms with van der Waals surface area (Å²) in [6.45, 7) is 1.76. The van der Waals surface area contributed by atoms with Crippen molar-refractivity contribution in [1.29, 1.82) is 5.26 Å². The second kappa shape index (κ2) is 6.76. The topological polar surface area (TPSA) is 112 Å². The van der Waals surface area contributed by atoms with Crippen molar-refractivity contribution in [3.63, 3.8) is 0 Å². The zero-order valence-electron chi connectivity index (χ0n) is 10.1. The third kappa shape index (κ3) is 4.12. The fraction of sp³-hybridized carbons (Fsp3) is 0.167. The van der Waals surface area contributed by atoms with Crippen LogP contribution in [0.15, 0.2) is 29.4 Å². The van der Waals surface area contributed by atoms with E-state index < -0.39 is 17.7 Å². The van der Waals surface area contributed by atoms with Gasteiger partial charge < -0.3 is 9.84 Å². The van der Waals surface area contributed by atoms with Gasteiger partial charge in [-0.15, -0.1) is 0 Å². The molecule has 0 aliphatic heterocycles. The van der Waals surface area contributed by atoms with Gasteiger partial charge in [-0.2, -0.15) is 10.4 Å². The van der Waals surface area contributed by atoms with Crippen molar-refractivity contribution in [3.8, 4) is 6.07 Å². The first-order chi connectivity index (χ1) is 9.08. The Kier molecular flexibility index (Phi) is 5.04. The standard InChI is InChI=1S/C12H11N3O4/c1-2-19-12(18)10(7-13)15-14-9-5-3-8(4-6-9)11(16)17/h3-6,14H,2H2,1H3,(H,16,17)/b15-10+.